The summed E-state index contributed by atoms with van der Waals surface area (Å²) in [6.45, 7) is 3.26. The van der Waals surface area contributed by atoms with Crippen LogP contribution >= 0.6 is 0 Å². The van der Waals surface area contributed by atoms with Crippen molar-refractivity contribution in [1.29, 1.82) is 0 Å². The van der Waals surface area contributed by atoms with Gasteiger partial charge in [-0.2, -0.15) is 0 Å². The van der Waals surface area contributed by atoms with E-state index in [2.05, 4.69) is 10.1 Å². The van der Waals surface area contributed by atoms with Crippen molar-refractivity contribution in [1.82, 2.24) is 5.32 Å². The lowest BCUT2D eigenvalue weighted by Gasteiger charge is -2.23. The summed E-state index contributed by atoms with van der Waals surface area (Å²) in [4.78, 5) is 12.0. The number of aliphatic hydroxyl groups is 1. The number of halogens is 3. The molecule has 2 atom stereocenters. The van der Waals surface area contributed by atoms with E-state index in [0.717, 1.165) is 5.56 Å². The zero-order valence-electron chi connectivity index (χ0n) is 12.3. The maximum Gasteiger partial charge on any atom is 0.573 e. The number of carbonyl (C=O) groups excluding carboxylic acids is 1. The highest BCUT2D eigenvalue weighted by Gasteiger charge is 2.45. The average molecular weight is 317 g/mol. The molecule has 2 unspecified atom stereocenters. The van der Waals surface area contributed by atoms with E-state index in [4.69, 9.17) is 5.11 Å². The van der Waals surface area contributed by atoms with Crippen molar-refractivity contribution >= 4 is 5.91 Å². The lowest BCUT2D eigenvalue weighted by Crippen LogP contribution is -2.47. The fourth-order valence-corrected chi connectivity index (χ4v) is 2.24. The van der Waals surface area contributed by atoms with E-state index in [0.29, 0.717) is 6.42 Å². The second-order valence-corrected chi connectivity index (χ2v) is 6.10. The first-order valence-corrected chi connectivity index (χ1v) is 6.90. The van der Waals surface area contributed by atoms with Gasteiger partial charge in [-0.15, -0.1) is 13.2 Å². The summed E-state index contributed by atoms with van der Waals surface area (Å²) in [6.07, 6.45) is -4.06. The highest BCUT2D eigenvalue weighted by atomic mass is 19.4. The van der Waals surface area contributed by atoms with Crippen LogP contribution in [0.15, 0.2) is 24.3 Å². The van der Waals surface area contributed by atoms with Crippen molar-refractivity contribution in [3.8, 4) is 5.75 Å². The molecule has 122 valence electrons. The Morgan fingerprint density at radius 1 is 1.32 bits per heavy atom. The van der Waals surface area contributed by atoms with Gasteiger partial charge in [-0.05, 0) is 43.9 Å². The van der Waals surface area contributed by atoms with Gasteiger partial charge in [-0.25, -0.2) is 0 Å². The number of benzene rings is 1. The number of rotatable bonds is 5. The number of hydrogen-bond acceptors (Lipinski definition) is 3. The van der Waals surface area contributed by atoms with Gasteiger partial charge in [0.25, 0.3) is 0 Å². The van der Waals surface area contributed by atoms with Crippen LogP contribution in [0.5, 0.6) is 5.75 Å². The van der Waals surface area contributed by atoms with Gasteiger partial charge in [0, 0.05) is 5.92 Å². The van der Waals surface area contributed by atoms with Gasteiger partial charge in [-0.3, -0.25) is 4.79 Å². The van der Waals surface area contributed by atoms with Crippen LogP contribution in [0.2, 0.25) is 0 Å². The average Bonchev–Trinajstić information content (AvgIpc) is 3.17. The molecule has 1 aliphatic carbocycles. The van der Waals surface area contributed by atoms with E-state index < -0.39 is 11.9 Å². The van der Waals surface area contributed by atoms with Gasteiger partial charge in [0.1, 0.15) is 5.75 Å². The lowest BCUT2D eigenvalue weighted by molar-refractivity contribution is -0.274. The van der Waals surface area contributed by atoms with E-state index >= 15 is 0 Å². The Kier molecular flexibility index (Phi) is 4.37. The van der Waals surface area contributed by atoms with E-state index in [1.165, 1.54) is 24.3 Å². The third-order valence-electron chi connectivity index (χ3n) is 3.53. The van der Waals surface area contributed by atoms with Crippen LogP contribution in [0.4, 0.5) is 13.2 Å². The molecule has 0 bridgehead atoms. The molecule has 7 heteroatoms. The van der Waals surface area contributed by atoms with Crippen LogP contribution in [0.1, 0.15) is 31.7 Å². The quantitative estimate of drug-likeness (QED) is 0.877. The summed E-state index contributed by atoms with van der Waals surface area (Å²) in [5.74, 6) is -0.645. The van der Waals surface area contributed by atoms with Gasteiger partial charge in [0.2, 0.25) is 5.91 Å². The molecule has 1 aliphatic rings. The molecule has 4 nitrogen and oxygen atoms in total. The van der Waals surface area contributed by atoms with Crippen molar-refractivity contribution in [2.45, 2.75) is 38.1 Å². The number of hydrogen-bond donors (Lipinski definition) is 2. The van der Waals surface area contributed by atoms with Crippen molar-refractivity contribution in [2.75, 3.05) is 6.61 Å². The first kappa shape index (κ1) is 16.6. The van der Waals surface area contributed by atoms with Crippen molar-refractivity contribution in [3.05, 3.63) is 29.8 Å². The summed E-state index contributed by atoms with van der Waals surface area (Å²) >= 11 is 0. The Morgan fingerprint density at radius 2 is 1.91 bits per heavy atom. The smallest absolute Gasteiger partial charge is 0.406 e. The van der Waals surface area contributed by atoms with Gasteiger partial charge in [0.05, 0.1) is 12.1 Å². The third kappa shape index (κ3) is 4.37. The third-order valence-corrected chi connectivity index (χ3v) is 3.53. The molecule has 0 spiro atoms. The topological polar surface area (TPSA) is 58.6 Å². The van der Waals surface area contributed by atoms with E-state index in [1.54, 1.807) is 13.8 Å². The Labute approximate surface area is 126 Å². The fourth-order valence-electron chi connectivity index (χ4n) is 2.24. The Morgan fingerprint density at radius 3 is 2.41 bits per heavy atom. The number of alkyl halides is 3. The Bertz CT molecular complexity index is 540. The standard InChI is InChI=1S/C15H18F3NO3/c1-14(2,8-20)19-13(21)12-7-11(12)9-3-5-10(6-4-9)22-15(16,17)18/h3-6,11-12,20H,7-8H2,1-2H3,(H,19,21). The van der Waals surface area contributed by atoms with Crippen LogP contribution in [0.25, 0.3) is 0 Å². The van der Waals surface area contributed by atoms with Crippen molar-refractivity contribution in [3.63, 3.8) is 0 Å². The second-order valence-electron chi connectivity index (χ2n) is 6.10. The van der Waals surface area contributed by atoms with Crippen LogP contribution in [0.3, 0.4) is 0 Å². The molecular formula is C15H18F3NO3. The lowest BCUT2D eigenvalue weighted by atomic mass is 10.1. The maximum atomic E-state index is 12.1. The number of amides is 1. The normalized spacial score (nSPS) is 21.4. The Hall–Kier alpha value is -1.76. The molecule has 1 amide bonds. The van der Waals surface area contributed by atoms with Crippen molar-refractivity contribution in [2.24, 2.45) is 5.92 Å². The maximum absolute atomic E-state index is 12.1. The van der Waals surface area contributed by atoms with E-state index in [9.17, 15) is 18.0 Å². The molecule has 0 saturated heterocycles. The molecule has 2 N–H and O–H groups in total. The van der Waals surface area contributed by atoms with Gasteiger partial charge in [0.15, 0.2) is 0 Å². The first-order chi connectivity index (χ1) is 10.1. The molecule has 2 rings (SSSR count). The molecule has 0 radical (unpaired) electrons. The monoisotopic (exact) mass is 317 g/mol. The SMILES string of the molecule is CC(C)(CO)NC(=O)C1CC1c1ccc(OC(F)(F)F)cc1. The summed E-state index contributed by atoms with van der Waals surface area (Å²) in [7, 11) is 0. The zero-order chi connectivity index (χ0) is 16.5. The van der Waals surface area contributed by atoms with Crippen molar-refractivity contribution < 1.29 is 27.8 Å². The molecule has 22 heavy (non-hydrogen) atoms. The highest BCUT2D eigenvalue weighted by Crippen LogP contribution is 2.48. The van der Waals surface area contributed by atoms with Crippen LogP contribution < -0.4 is 10.1 Å². The zero-order valence-corrected chi connectivity index (χ0v) is 12.3. The number of aliphatic hydroxyl groups excluding tert-OH is 1. The summed E-state index contributed by atoms with van der Waals surface area (Å²) in [6, 6.07) is 5.56. The van der Waals surface area contributed by atoms with Crippen LogP contribution in [-0.2, 0) is 4.79 Å². The molecule has 0 aromatic heterocycles. The van der Waals surface area contributed by atoms with Gasteiger partial charge < -0.3 is 15.2 Å². The Balaban J connectivity index is 1.94. The molecule has 1 aromatic carbocycles. The molecule has 0 heterocycles. The van der Waals surface area contributed by atoms with Gasteiger partial charge in [-0.1, -0.05) is 12.1 Å². The number of nitrogens with one attached hydrogen (secondary N) is 1. The minimum Gasteiger partial charge on any atom is -0.406 e. The fraction of sp³-hybridized carbons (Fsp3) is 0.533. The van der Waals surface area contributed by atoms with Crippen LogP contribution in [-0.4, -0.2) is 29.5 Å². The molecular weight excluding hydrogens is 299 g/mol. The molecule has 1 saturated carbocycles. The highest BCUT2D eigenvalue weighted by molar-refractivity contribution is 5.83. The van der Waals surface area contributed by atoms with Crippen LogP contribution in [0, 0.1) is 5.92 Å². The molecule has 1 aromatic rings. The first-order valence-electron chi connectivity index (χ1n) is 6.90. The molecule has 0 aliphatic heterocycles. The summed E-state index contributed by atoms with van der Waals surface area (Å²) in [5, 5.41) is 11.9. The number of ether oxygens (including phenoxy) is 1. The largest absolute Gasteiger partial charge is 0.573 e. The minimum atomic E-state index is -4.71. The van der Waals surface area contributed by atoms with E-state index in [1.807, 2.05) is 0 Å². The predicted molar refractivity (Wildman–Crippen MR) is 73.3 cm³/mol. The summed E-state index contributed by atoms with van der Waals surface area (Å²) < 4.78 is 40.0. The molecule has 1 fully saturated rings. The number of carbonyl (C=O) groups is 1. The van der Waals surface area contributed by atoms with Gasteiger partial charge >= 0.3 is 6.36 Å². The second kappa shape index (κ2) is 5.79. The predicted octanol–water partition coefficient (Wildman–Crippen LogP) is 2.58. The van der Waals surface area contributed by atoms with E-state index in [-0.39, 0.29) is 30.1 Å². The minimum absolute atomic E-state index is 0.00516. The summed E-state index contributed by atoms with van der Waals surface area (Å²) in [5.41, 5.74) is 0.116.